The molecule has 0 aliphatic heterocycles. The highest BCUT2D eigenvalue weighted by atomic mass is 15.5. The van der Waals surface area contributed by atoms with Gasteiger partial charge in [0.25, 0.3) is 0 Å². The molecule has 11 heavy (non-hydrogen) atoms. The van der Waals surface area contributed by atoms with Crippen molar-refractivity contribution in [2.24, 2.45) is 4.99 Å². The predicted molar refractivity (Wildman–Crippen MR) is 47.1 cm³/mol. The van der Waals surface area contributed by atoms with E-state index in [1.807, 2.05) is 30.7 Å². The molecule has 0 aromatic carbocycles. The number of rotatable bonds is 4. The van der Waals surface area contributed by atoms with E-state index in [2.05, 4.69) is 17.9 Å². The minimum atomic E-state index is 0.800. The summed E-state index contributed by atoms with van der Waals surface area (Å²) in [6.07, 6.45) is 1.12. The first kappa shape index (κ1) is 10.2. The predicted octanol–water partition coefficient (Wildman–Crippen LogP) is 1.08. The quantitative estimate of drug-likeness (QED) is 0.338. The van der Waals surface area contributed by atoms with Gasteiger partial charge in [0.15, 0.2) is 0 Å². The molecular weight excluding hydrogens is 138 g/mol. The molecule has 0 bridgehead atoms. The number of hydrogen-bond acceptors (Lipinski definition) is 2. The molecule has 0 radical (unpaired) electrons. The molecule has 64 valence electrons. The van der Waals surface area contributed by atoms with Crippen LogP contribution in [0.2, 0.25) is 0 Å². The molecule has 0 aromatic heterocycles. The summed E-state index contributed by atoms with van der Waals surface area (Å²) in [6.45, 7) is 5.93. The first-order valence-electron chi connectivity index (χ1n) is 4.09. The minimum Gasteiger partial charge on any atom is -0.247 e. The van der Waals surface area contributed by atoms with E-state index in [1.165, 1.54) is 0 Å². The lowest BCUT2D eigenvalue weighted by atomic mass is 10.5. The number of hydrazine groups is 1. The zero-order valence-corrected chi connectivity index (χ0v) is 7.96. The summed E-state index contributed by atoms with van der Waals surface area (Å²) >= 11 is 0. The molecule has 3 nitrogen and oxygen atoms in total. The monoisotopic (exact) mass is 156 g/mol. The fourth-order valence-electron chi connectivity index (χ4n) is 0.704. The van der Waals surface area contributed by atoms with Crippen molar-refractivity contribution >= 4 is 6.01 Å². The van der Waals surface area contributed by atoms with Crippen molar-refractivity contribution < 1.29 is 4.68 Å². The van der Waals surface area contributed by atoms with Gasteiger partial charge in [-0.25, -0.2) is 5.01 Å². The Kier molecular flexibility index (Phi) is 5.49. The third-order valence-electron chi connectivity index (χ3n) is 1.26. The van der Waals surface area contributed by atoms with E-state index in [0.29, 0.717) is 0 Å². The molecular formula is C8H18N3+. The third kappa shape index (κ3) is 4.57. The molecule has 0 spiro atoms. The number of aliphatic imine (C=N–C) groups is 1. The van der Waals surface area contributed by atoms with Gasteiger partial charge in [-0.1, -0.05) is 6.92 Å². The van der Waals surface area contributed by atoms with Crippen LogP contribution in [0.4, 0.5) is 0 Å². The van der Waals surface area contributed by atoms with Crippen LogP contribution in [0.1, 0.15) is 20.3 Å². The summed E-state index contributed by atoms with van der Waals surface area (Å²) in [7, 11) is 3.99. The second-order valence-electron chi connectivity index (χ2n) is 2.54. The molecule has 0 unspecified atom stereocenters. The van der Waals surface area contributed by atoms with Crippen molar-refractivity contribution in [2.75, 3.05) is 27.2 Å². The van der Waals surface area contributed by atoms with Crippen LogP contribution in [-0.2, 0) is 0 Å². The maximum absolute atomic E-state index is 4.05. The summed E-state index contributed by atoms with van der Waals surface area (Å²) < 4.78 is 1.98. The standard InChI is InChI=1S/C8H18N3/c1-5-7-11(10(3)4)8-9-6-2/h5-7H2,1-4H3/q+1. The van der Waals surface area contributed by atoms with Gasteiger partial charge in [-0.05, 0) is 18.3 Å². The lowest BCUT2D eigenvalue weighted by molar-refractivity contribution is -0.673. The van der Waals surface area contributed by atoms with E-state index in [0.717, 1.165) is 19.5 Å². The lowest BCUT2D eigenvalue weighted by Crippen LogP contribution is -2.27. The van der Waals surface area contributed by atoms with Crippen molar-refractivity contribution in [2.45, 2.75) is 20.3 Å². The minimum absolute atomic E-state index is 0.800. The smallest absolute Gasteiger partial charge is 0.247 e. The van der Waals surface area contributed by atoms with E-state index >= 15 is 0 Å². The van der Waals surface area contributed by atoms with E-state index in [1.54, 1.807) is 0 Å². The molecule has 0 saturated carbocycles. The molecule has 0 aliphatic carbocycles. The number of nitrogens with zero attached hydrogens (tertiary/aromatic N) is 3. The Morgan fingerprint density at radius 3 is 2.36 bits per heavy atom. The van der Waals surface area contributed by atoms with E-state index in [9.17, 15) is 0 Å². The Balaban J connectivity index is 4.20. The summed E-state index contributed by atoms with van der Waals surface area (Å²) in [6, 6.07) is 2.95. The second-order valence-corrected chi connectivity index (χ2v) is 2.54. The topological polar surface area (TPSA) is 18.6 Å². The Hall–Kier alpha value is -0.820. The third-order valence-corrected chi connectivity index (χ3v) is 1.26. The number of hydrazone groups is 1. The van der Waals surface area contributed by atoms with Gasteiger partial charge in [-0.15, -0.1) is 4.68 Å². The van der Waals surface area contributed by atoms with Gasteiger partial charge in [-0.3, -0.25) is 0 Å². The van der Waals surface area contributed by atoms with Crippen molar-refractivity contribution in [3.63, 3.8) is 0 Å². The fourth-order valence-corrected chi connectivity index (χ4v) is 0.704. The Morgan fingerprint density at radius 1 is 1.36 bits per heavy atom. The molecule has 0 atom stereocenters. The van der Waals surface area contributed by atoms with Gasteiger partial charge < -0.3 is 0 Å². The summed E-state index contributed by atoms with van der Waals surface area (Å²) in [4.78, 5) is 4.05. The maximum atomic E-state index is 4.05. The zero-order chi connectivity index (χ0) is 8.69. The molecule has 0 saturated heterocycles. The first-order valence-corrected chi connectivity index (χ1v) is 4.09. The summed E-state index contributed by atoms with van der Waals surface area (Å²) in [5.41, 5.74) is 0. The van der Waals surface area contributed by atoms with Crippen LogP contribution in [0.3, 0.4) is 0 Å². The van der Waals surface area contributed by atoms with Gasteiger partial charge >= 0.3 is 6.01 Å². The van der Waals surface area contributed by atoms with Crippen molar-refractivity contribution in [3.05, 3.63) is 0 Å². The van der Waals surface area contributed by atoms with Gasteiger partial charge in [0, 0.05) is 14.1 Å². The Bertz CT molecular complexity index is 155. The van der Waals surface area contributed by atoms with Gasteiger partial charge in [-0.2, -0.15) is 0 Å². The summed E-state index contributed by atoms with van der Waals surface area (Å²) in [5.74, 6) is 0. The van der Waals surface area contributed by atoms with Crippen LogP contribution in [0.15, 0.2) is 4.99 Å². The molecule has 0 fully saturated rings. The van der Waals surface area contributed by atoms with E-state index in [4.69, 9.17) is 0 Å². The summed E-state index contributed by atoms with van der Waals surface area (Å²) in [5, 5.41) is 1.99. The van der Waals surface area contributed by atoms with Crippen LogP contribution < -0.4 is 0 Å². The fraction of sp³-hybridized carbons (Fsp3) is 0.875. The van der Waals surface area contributed by atoms with Crippen molar-refractivity contribution in [1.29, 1.82) is 0 Å². The van der Waals surface area contributed by atoms with Crippen molar-refractivity contribution in [1.82, 2.24) is 5.01 Å². The Labute approximate surface area is 69.0 Å². The van der Waals surface area contributed by atoms with E-state index in [-0.39, 0.29) is 0 Å². The zero-order valence-electron chi connectivity index (χ0n) is 7.96. The van der Waals surface area contributed by atoms with Crippen LogP contribution in [0.25, 0.3) is 0 Å². The van der Waals surface area contributed by atoms with Crippen LogP contribution in [0, 0.1) is 0 Å². The molecule has 0 heterocycles. The average Bonchev–Trinajstić information content (AvgIpc) is 1.97. The second kappa shape index (κ2) is 5.93. The molecule has 0 aliphatic rings. The highest BCUT2D eigenvalue weighted by Crippen LogP contribution is 1.81. The average molecular weight is 156 g/mol. The van der Waals surface area contributed by atoms with Gasteiger partial charge in [0.05, 0.1) is 0 Å². The van der Waals surface area contributed by atoms with Gasteiger partial charge in [0.1, 0.15) is 13.1 Å². The Morgan fingerprint density at radius 2 is 2.00 bits per heavy atom. The van der Waals surface area contributed by atoms with Crippen LogP contribution >= 0.6 is 0 Å². The highest BCUT2D eigenvalue weighted by Gasteiger charge is 1.98. The van der Waals surface area contributed by atoms with Crippen LogP contribution in [0.5, 0.6) is 0 Å². The van der Waals surface area contributed by atoms with E-state index < -0.39 is 0 Å². The van der Waals surface area contributed by atoms with Crippen molar-refractivity contribution in [3.8, 4) is 0 Å². The molecule has 0 amide bonds. The van der Waals surface area contributed by atoms with Crippen LogP contribution in [-0.4, -0.2) is 42.9 Å². The molecule has 0 rings (SSSR count). The maximum Gasteiger partial charge on any atom is 0.332 e. The number of hydrogen-bond donors (Lipinski definition) is 0. The largest absolute Gasteiger partial charge is 0.332 e. The molecule has 3 heteroatoms. The SMILES string of the molecule is CCC[N+](=C=NCC)N(C)C. The molecule has 0 aromatic rings. The highest BCUT2D eigenvalue weighted by molar-refractivity contribution is 5.33. The first-order chi connectivity index (χ1) is 5.22. The van der Waals surface area contributed by atoms with Gasteiger partial charge in [0.2, 0.25) is 0 Å². The molecule has 0 N–H and O–H groups in total. The lowest BCUT2D eigenvalue weighted by Gasteiger charge is -2.09. The normalized spacial score (nSPS) is 8.73.